The Kier molecular flexibility index (Phi) is 6.71. The molecular weight excluding hydrogens is 459 g/mol. The highest BCUT2D eigenvalue weighted by molar-refractivity contribution is 7.89. The van der Waals surface area contributed by atoms with E-state index < -0.39 is 10.0 Å². The summed E-state index contributed by atoms with van der Waals surface area (Å²) >= 11 is 12.2. The molecule has 2 saturated heterocycles. The fourth-order valence-corrected chi connectivity index (χ4v) is 6.24. The first-order chi connectivity index (χ1) is 14.9. The molecule has 1 amide bonds. The molecule has 0 radical (unpaired) electrons. The molecule has 0 unspecified atom stereocenters. The third-order valence-corrected chi connectivity index (χ3v) is 8.15. The third-order valence-electron chi connectivity index (χ3n) is 5.71. The number of anilines is 1. The highest BCUT2D eigenvalue weighted by Gasteiger charge is 2.32. The minimum atomic E-state index is -3.70. The molecule has 31 heavy (non-hydrogen) atoms. The van der Waals surface area contributed by atoms with E-state index in [1.807, 2.05) is 4.90 Å². The molecule has 1 aromatic heterocycles. The number of hydrogen-bond donors (Lipinski definition) is 0. The van der Waals surface area contributed by atoms with Gasteiger partial charge in [0.1, 0.15) is 5.82 Å². The smallest absolute Gasteiger partial charge is 0.255 e. The van der Waals surface area contributed by atoms with Crippen LogP contribution in [0.4, 0.5) is 5.82 Å². The standard InChI is InChI=1S/C21H24Cl2N4O3S/c22-16-14-18(23)20(24-15-16)25-10-12-26(13-11-25)21(28)17-6-2-3-7-19(17)31(29,30)27-8-4-1-5-9-27/h2-3,6-7,14-15H,1,4-5,8-13H2. The molecule has 2 fully saturated rings. The van der Waals surface area contributed by atoms with Gasteiger partial charge in [-0.3, -0.25) is 4.79 Å². The molecule has 7 nitrogen and oxygen atoms in total. The minimum absolute atomic E-state index is 0.0896. The molecule has 2 aliphatic heterocycles. The Bertz CT molecular complexity index is 1070. The van der Waals surface area contributed by atoms with Crippen LogP contribution in [0.5, 0.6) is 0 Å². The van der Waals surface area contributed by atoms with E-state index >= 15 is 0 Å². The molecule has 10 heteroatoms. The van der Waals surface area contributed by atoms with Gasteiger partial charge in [0.05, 0.1) is 20.5 Å². The maximum absolute atomic E-state index is 13.3. The van der Waals surface area contributed by atoms with Crippen molar-refractivity contribution in [2.45, 2.75) is 24.2 Å². The van der Waals surface area contributed by atoms with Crippen molar-refractivity contribution < 1.29 is 13.2 Å². The molecule has 0 spiro atoms. The van der Waals surface area contributed by atoms with Gasteiger partial charge in [0.2, 0.25) is 10.0 Å². The molecule has 2 aromatic rings. The highest BCUT2D eigenvalue weighted by Crippen LogP contribution is 2.28. The van der Waals surface area contributed by atoms with Gasteiger partial charge in [-0.1, -0.05) is 41.8 Å². The van der Waals surface area contributed by atoms with Gasteiger partial charge in [-0.2, -0.15) is 4.31 Å². The minimum Gasteiger partial charge on any atom is -0.352 e. The summed E-state index contributed by atoms with van der Waals surface area (Å²) in [5, 5.41) is 0.930. The zero-order valence-electron chi connectivity index (χ0n) is 17.0. The molecular formula is C21H24Cl2N4O3S. The molecule has 0 aliphatic carbocycles. The van der Waals surface area contributed by atoms with Crippen LogP contribution in [0.2, 0.25) is 10.0 Å². The van der Waals surface area contributed by atoms with E-state index in [1.54, 1.807) is 35.4 Å². The number of hydrogen-bond acceptors (Lipinski definition) is 5. The van der Waals surface area contributed by atoms with Crippen LogP contribution < -0.4 is 4.90 Å². The number of pyridine rings is 1. The lowest BCUT2D eigenvalue weighted by molar-refractivity contribution is 0.0742. The normalized spacial score (nSPS) is 18.3. The van der Waals surface area contributed by atoms with Gasteiger partial charge in [-0.15, -0.1) is 0 Å². The van der Waals surface area contributed by atoms with Crippen LogP contribution in [0.1, 0.15) is 29.6 Å². The van der Waals surface area contributed by atoms with Crippen LogP contribution >= 0.6 is 23.2 Å². The predicted octanol–water partition coefficient (Wildman–Crippen LogP) is 3.53. The molecule has 0 atom stereocenters. The van der Waals surface area contributed by atoms with E-state index in [0.717, 1.165) is 19.3 Å². The fraction of sp³-hybridized carbons (Fsp3) is 0.429. The first-order valence-corrected chi connectivity index (χ1v) is 12.5. The average Bonchev–Trinajstić information content (AvgIpc) is 2.79. The van der Waals surface area contributed by atoms with Crippen LogP contribution in [0.3, 0.4) is 0 Å². The number of carbonyl (C=O) groups is 1. The van der Waals surface area contributed by atoms with E-state index in [0.29, 0.717) is 55.1 Å². The Morgan fingerprint density at radius 3 is 2.29 bits per heavy atom. The number of amides is 1. The van der Waals surface area contributed by atoms with Crippen LogP contribution in [-0.2, 0) is 10.0 Å². The lowest BCUT2D eigenvalue weighted by Crippen LogP contribution is -2.49. The van der Waals surface area contributed by atoms with Crippen LogP contribution in [0.15, 0.2) is 41.4 Å². The van der Waals surface area contributed by atoms with Crippen molar-refractivity contribution in [3.63, 3.8) is 0 Å². The number of piperidine rings is 1. The summed E-state index contributed by atoms with van der Waals surface area (Å²) in [7, 11) is -3.70. The molecule has 0 N–H and O–H groups in total. The highest BCUT2D eigenvalue weighted by atomic mass is 35.5. The van der Waals surface area contributed by atoms with Crippen LogP contribution in [0, 0.1) is 0 Å². The Labute approximate surface area is 192 Å². The number of aromatic nitrogens is 1. The summed E-state index contributed by atoms with van der Waals surface area (Å²) in [6.07, 6.45) is 4.27. The van der Waals surface area contributed by atoms with E-state index in [2.05, 4.69) is 4.98 Å². The van der Waals surface area contributed by atoms with E-state index in [4.69, 9.17) is 23.2 Å². The average molecular weight is 483 g/mol. The topological polar surface area (TPSA) is 73.8 Å². The Morgan fingerprint density at radius 1 is 0.935 bits per heavy atom. The summed E-state index contributed by atoms with van der Waals surface area (Å²) in [5.41, 5.74) is 0.226. The van der Waals surface area contributed by atoms with Gasteiger partial charge >= 0.3 is 0 Å². The summed E-state index contributed by atoms with van der Waals surface area (Å²) in [6.45, 7) is 2.97. The zero-order valence-corrected chi connectivity index (χ0v) is 19.3. The van der Waals surface area contributed by atoms with Crippen molar-refractivity contribution in [3.05, 3.63) is 52.1 Å². The monoisotopic (exact) mass is 482 g/mol. The summed E-state index contributed by atoms with van der Waals surface area (Å²) in [4.78, 5) is 21.3. The molecule has 166 valence electrons. The number of sulfonamides is 1. The quantitative estimate of drug-likeness (QED) is 0.666. The van der Waals surface area contributed by atoms with E-state index in [-0.39, 0.29) is 16.4 Å². The number of piperazine rings is 1. The molecule has 4 rings (SSSR count). The number of carbonyl (C=O) groups excluding carboxylic acids is 1. The second-order valence-corrected chi connectivity index (χ2v) is 10.4. The molecule has 0 saturated carbocycles. The molecule has 3 heterocycles. The molecule has 1 aromatic carbocycles. The van der Waals surface area contributed by atoms with Gasteiger partial charge in [-0.25, -0.2) is 13.4 Å². The van der Waals surface area contributed by atoms with Gasteiger partial charge in [0.25, 0.3) is 5.91 Å². The molecule has 0 bridgehead atoms. The van der Waals surface area contributed by atoms with Crippen molar-refractivity contribution >= 4 is 45.0 Å². The number of halogens is 2. The Balaban J connectivity index is 1.51. The van der Waals surface area contributed by atoms with Crippen molar-refractivity contribution in [3.8, 4) is 0 Å². The van der Waals surface area contributed by atoms with Crippen molar-refractivity contribution in [2.24, 2.45) is 0 Å². The lowest BCUT2D eigenvalue weighted by Gasteiger charge is -2.36. The van der Waals surface area contributed by atoms with Gasteiger partial charge in [-0.05, 0) is 31.0 Å². The van der Waals surface area contributed by atoms with Crippen molar-refractivity contribution in [1.29, 1.82) is 0 Å². The van der Waals surface area contributed by atoms with E-state index in [9.17, 15) is 13.2 Å². The van der Waals surface area contributed by atoms with Gasteiger partial charge < -0.3 is 9.80 Å². The van der Waals surface area contributed by atoms with Crippen LogP contribution in [-0.4, -0.2) is 67.8 Å². The van der Waals surface area contributed by atoms with Crippen molar-refractivity contribution in [1.82, 2.24) is 14.2 Å². The Hall–Kier alpha value is -1.87. The lowest BCUT2D eigenvalue weighted by atomic mass is 10.2. The maximum Gasteiger partial charge on any atom is 0.255 e. The third kappa shape index (κ3) is 4.67. The second kappa shape index (κ2) is 9.32. The first kappa shape index (κ1) is 22.3. The molecule has 2 aliphatic rings. The predicted molar refractivity (Wildman–Crippen MR) is 121 cm³/mol. The number of benzene rings is 1. The van der Waals surface area contributed by atoms with Gasteiger partial charge in [0, 0.05) is 45.5 Å². The zero-order chi connectivity index (χ0) is 22.0. The summed E-state index contributed by atoms with van der Waals surface area (Å²) in [6, 6.07) is 8.15. The van der Waals surface area contributed by atoms with Crippen LogP contribution in [0.25, 0.3) is 0 Å². The summed E-state index contributed by atoms with van der Waals surface area (Å²) in [5.74, 6) is 0.359. The maximum atomic E-state index is 13.3. The second-order valence-electron chi connectivity index (χ2n) is 7.70. The summed E-state index contributed by atoms with van der Waals surface area (Å²) < 4.78 is 27.9. The largest absolute Gasteiger partial charge is 0.352 e. The number of nitrogens with zero attached hydrogens (tertiary/aromatic N) is 4. The van der Waals surface area contributed by atoms with E-state index in [1.165, 1.54) is 10.4 Å². The SMILES string of the molecule is O=C(c1ccccc1S(=O)(=O)N1CCCCC1)N1CCN(c2ncc(Cl)cc2Cl)CC1. The number of rotatable bonds is 4. The van der Waals surface area contributed by atoms with Crippen molar-refractivity contribution in [2.75, 3.05) is 44.2 Å². The van der Waals surface area contributed by atoms with Gasteiger partial charge in [0.15, 0.2) is 0 Å². The Morgan fingerprint density at radius 2 is 1.61 bits per heavy atom. The first-order valence-electron chi connectivity index (χ1n) is 10.3. The fourth-order valence-electron chi connectivity index (χ4n) is 4.04.